The highest BCUT2D eigenvalue weighted by molar-refractivity contribution is 5.70. The van der Waals surface area contributed by atoms with E-state index in [9.17, 15) is 19.8 Å². The van der Waals surface area contributed by atoms with Gasteiger partial charge in [0, 0.05) is 26.0 Å². The van der Waals surface area contributed by atoms with Crippen molar-refractivity contribution < 1.29 is 29.3 Å². The van der Waals surface area contributed by atoms with Crippen LogP contribution in [0.2, 0.25) is 0 Å². The van der Waals surface area contributed by atoms with Gasteiger partial charge < -0.3 is 19.7 Å². The summed E-state index contributed by atoms with van der Waals surface area (Å²) in [4.78, 5) is 22.2. The molecule has 0 radical (unpaired) electrons. The highest BCUT2D eigenvalue weighted by Crippen LogP contribution is 2.24. The van der Waals surface area contributed by atoms with Crippen molar-refractivity contribution in [3.8, 4) is 23.0 Å². The number of allylic oxidation sites excluding steroid dienone is 2. The van der Waals surface area contributed by atoms with Crippen LogP contribution in [0.4, 0.5) is 0 Å². The number of rotatable bonds is 18. The van der Waals surface area contributed by atoms with Gasteiger partial charge in [-0.1, -0.05) is 50.7 Å². The quantitative estimate of drug-likeness (QED) is 0.0889. The van der Waals surface area contributed by atoms with Gasteiger partial charge in [-0.15, -0.1) is 0 Å². The zero-order valence-electron chi connectivity index (χ0n) is 23.0. The van der Waals surface area contributed by atoms with Gasteiger partial charge in [0.15, 0.2) is 0 Å². The van der Waals surface area contributed by atoms with Crippen molar-refractivity contribution in [2.24, 2.45) is 0 Å². The number of phenolic OH excluding ortho intramolecular Hbond substituents is 2. The van der Waals surface area contributed by atoms with Crippen LogP contribution in [0.15, 0.2) is 48.6 Å². The van der Waals surface area contributed by atoms with Crippen LogP contribution in [0, 0.1) is 0 Å². The predicted octanol–water partition coefficient (Wildman–Crippen LogP) is 7.97. The van der Waals surface area contributed by atoms with Crippen LogP contribution in [0.25, 0.3) is 0 Å². The monoisotopic (exact) mass is 524 g/mol. The van der Waals surface area contributed by atoms with Crippen molar-refractivity contribution in [1.29, 1.82) is 0 Å². The fourth-order valence-corrected chi connectivity index (χ4v) is 4.50. The van der Waals surface area contributed by atoms with Gasteiger partial charge in [-0.25, -0.2) is 0 Å². The van der Waals surface area contributed by atoms with E-state index in [1.54, 1.807) is 12.1 Å². The van der Waals surface area contributed by atoms with Crippen LogP contribution < -0.4 is 9.47 Å². The number of aromatic hydroxyl groups is 2. The predicted molar refractivity (Wildman–Crippen MR) is 151 cm³/mol. The number of benzene rings is 2. The molecule has 0 saturated carbocycles. The van der Waals surface area contributed by atoms with E-state index in [2.05, 4.69) is 12.2 Å². The first-order valence-corrected chi connectivity index (χ1v) is 14.0. The Morgan fingerprint density at radius 3 is 1.34 bits per heavy atom. The summed E-state index contributed by atoms with van der Waals surface area (Å²) in [6.45, 7) is 2.71. The van der Waals surface area contributed by atoms with E-state index in [0.717, 1.165) is 62.5 Å². The smallest absolute Gasteiger partial charge is 0.308 e. The molecular weight excluding hydrogens is 480 g/mol. The molecule has 2 N–H and O–H groups in total. The van der Waals surface area contributed by atoms with E-state index in [1.807, 2.05) is 12.1 Å². The van der Waals surface area contributed by atoms with Crippen LogP contribution in [0.3, 0.4) is 0 Å². The Labute approximate surface area is 227 Å². The number of unbranched alkanes of at least 4 members (excludes halogenated alkanes) is 10. The van der Waals surface area contributed by atoms with Crippen molar-refractivity contribution >= 4 is 11.9 Å². The van der Waals surface area contributed by atoms with Crippen molar-refractivity contribution in [3.05, 3.63) is 59.7 Å². The summed E-state index contributed by atoms with van der Waals surface area (Å²) in [5, 5.41) is 19.6. The lowest BCUT2D eigenvalue weighted by Gasteiger charge is -2.07. The van der Waals surface area contributed by atoms with Crippen molar-refractivity contribution in [2.45, 2.75) is 104 Å². The van der Waals surface area contributed by atoms with Gasteiger partial charge in [0.05, 0.1) is 0 Å². The molecule has 0 unspecified atom stereocenters. The third kappa shape index (κ3) is 14.5. The van der Waals surface area contributed by atoms with Gasteiger partial charge in [-0.3, -0.25) is 9.59 Å². The number of esters is 2. The largest absolute Gasteiger partial charge is 0.508 e. The molecule has 0 aliphatic rings. The van der Waals surface area contributed by atoms with Gasteiger partial charge in [-0.05, 0) is 86.8 Å². The number of hydrogen-bond acceptors (Lipinski definition) is 6. The SMILES string of the molecule is CC(=O)Oc1cc(O)cc(CCCCCCC/C=C\CCCCCCCc2cc(O)cc(OC(C)=O)c2)c1. The Morgan fingerprint density at radius 1 is 0.579 bits per heavy atom. The standard InChI is InChI=1S/C32H44O6/c1-25(33)37-31-21-27(19-29(35)23-31)17-15-13-11-9-7-5-3-4-6-8-10-12-14-16-18-28-20-30(36)24-32(22-28)38-26(2)34/h3-4,19-24,35-36H,5-18H2,1-2H3/b4-3-. The second kappa shape index (κ2) is 18.1. The van der Waals surface area contributed by atoms with E-state index >= 15 is 0 Å². The van der Waals surface area contributed by atoms with Crippen LogP contribution in [-0.2, 0) is 22.4 Å². The van der Waals surface area contributed by atoms with Gasteiger partial charge in [0.1, 0.15) is 23.0 Å². The molecule has 6 nitrogen and oxygen atoms in total. The molecule has 0 amide bonds. The molecule has 6 heteroatoms. The maximum atomic E-state index is 11.1. The first-order valence-electron chi connectivity index (χ1n) is 14.0. The third-order valence-electron chi connectivity index (χ3n) is 6.26. The molecule has 0 atom stereocenters. The molecule has 0 aromatic heterocycles. The van der Waals surface area contributed by atoms with Crippen LogP contribution in [0.1, 0.15) is 102 Å². The summed E-state index contributed by atoms with van der Waals surface area (Å²) in [5.41, 5.74) is 1.99. The third-order valence-corrected chi connectivity index (χ3v) is 6.26. The average molecular weight is 525 g/mol. The summed E-state index contributed by atoms with van der Waals surface area (Å²) < 4.78 is 10.1. The fraction of sp³-hybridized carbons (Fsp3) is 0.500. The van der Waals surface area contributed by atoms with Crippen molar-refractivity contribution in [1.82, 2.24) is 0 Å². The van der Waals surface area contributed by atoms with Crippen molar-refractivity contribution in [3.63, 3.8) is 0 Å². The highest BCUT2D eigenvalue weighted by Gasteiger charge is 2.05. The summed E-state index contributed by atoms with van der Waals surface area (Å²) in [6, 6.07) is 10.0. The lowest BCUT2D eigenvalue weighted by atomic mass is 10.0. The van der Waals surface area contributed by atoms with Gasteiger partial charge in [-0.2, -0.15) is 0 Å². The number of aryl methyl sites for hydroxylation is 2. The summed E-state index contributed by atoms with van der Waals surface area (Å²) >= 11 is 0. The highest BCUT2D eigenvalue weighted by atomic mass is 16.5. The second-order valence-electron chi connectivity index (χ2n) is 9.94. The van der Waals surface area contributed by atoms with Gasteiger partial charge >= 0.3 is 11.9 Å². The zero-order chi connectivity index (χ0) is 27.6. The lowest BCUT2D eigenvalue weighted by Crippen LogP contribution is -2.01. The molecule has 208 valence electrons. The maximum Gasteiger partial charge on any atom is 0.308 e. The fourth-order valence-electron chi connectivity index (χ4n) is 4.50. The number of carbonyl (C=O) groups excluding carboxylic acids is 2. The molecule has 0 aliphatic carbocycles. The van der Waals surface area contributed by atoms with E-state index in [-0.39, 0.29) is 23.4 Å². The Morgan fingerprint density at radius 2 is 0.947 bits per heavy atom. The Hall–Kier alpha value is -3.28. The van der Waals surface area contributed by atoms with Gasteiger partial charge in [0.2, 0.25) is 0 Å². The number of ether oxygens (including phenoxy) is 2. The first kappa shape index (κ1) is 30.9. The molecule has 0 fully saturated rings. The normalized spacial score (nSPS) is 11.1. The maximum absolute atomic E-state index is 11.1. The molecule has 0 saturated heterocycles. The topological polar surface area (TPSA) is 93.1 Å². The average Bonchev–Trinajstić information content (AvgIpc) is 2.82. The second-order valence-corrected chi connectivity index (χ2v) is 9.94. The zero-order valence-corrected chi connectivity index (χ0v) is 23.0. The summed E-state index contributed by atoms with van der Waals surface area (Å²) in [5.74, 6) is 0.308. The lowest BCUT2D eigenvalue weighted by molar-refractivity contribution is -0.132. The van der Waals surface area contributed by atoms with E-state index < -0.39 is 0 Å². The molecule has 0 spiro atoms. The van der Waals surface area contributed by atoms with E-state index in [4.69, 9.17) is 9.47 Å². The molecule has 0 aliphatic heterocycles. The van der Waals surface area contributed by atoms with E-state index in [1.165, 1.54) is 64.5 Å². The van der Waals surface area contributed by atoms with Crippen molar-refractivity contribution in [2.75, 3.05) is 0 Å². The minimum Gasteiger partial charge on any atom is -0.508 e. The summed E-state index contributed by atoms with van der Waals surface area (Å²) in [7, 11) is 0. The summed E-state index contributed by atoms with van der Waals surface area (Å²) in [6.07, 6.45) is 20.4. The molecule has 2 aromatic rings. The molecular formula is C32H44O6. The number of phenols is 2. The number of hydrogen-bond donors (Lipinski definition) is 2. The van der Waals surface area contributed by atoms with Gasteiger partial charge in [0.25, 0.3) is 0 Å². The Balaban J connectivity index is 1.42. The Bertz CT molecular complexity index is 945. The Kier molecular flexibility index (Phi) is 14.7. The minimum absolute atomic E-state index is 0.132. The molecule has 0 bridgehead atoms. The number of carbonyl (C=O) groups is 2. The molecule has 38 heavy (non-hydrogen) atoms. The van der Waals surface area contributed by atoms with Crippen LogP contribution in [-0.4, -0.2) is 22.2 Å². The van der Waals surface area contributed by atoms with E-state index in [0.29, 0.717) is 11.5 Å². The molecule has 0 heterocycles. The first-order chi connectivity index (χ1) is 18.3. The van der Waals surface area contributed by atoms with Crippen LogP contribution >= 0.6 is 0 Å². The molecule has 2 rings (SSSR count). The minimum atomic E-state index is -0.382. The van der Waals surface area contributed by atoms with Crippen LogP contribution in [0.5, 0.6) is 23.0 Å². The molecule has 2 aromatic carbocycles.